The molecular weight excluding hydrogens is 374 g/mol. The summed E-state index contributed by atoms with van der Waals surface area (Å²) in [4.78, 5) is 41.2. The Kier molecular flexibility index (Phi) is 7.84. The van der Waals surface area contributed by atoms with Gasteiger partial charge in [-0.3, -0.25) is 14.4 Å². The summed E-state index contributed by atoms with van der Waals surface area (Å²) in [5, 5.41) is 10.0. The van der Waals surface area contributed by atoms with E-state index < -0.39 is 6.04 Å². The third kappa shape index (κ3) is 7.00. The van der Waals surface area contributed by atoms with Crippen molar-refractivity contribution in [1.82, 2.24) is 20.0 Å². The molecule has 0 fully saturated rings. The first kappa shape index (κ1) is 22.0. The number of carbonyl (C=O) groups is 2. The summed E-state index contributed by atoms with van der Waals surface area (Å²) in [7, 11) is 2.99. The first-order valence-corrected chi connectivity index (χ1v) is 9.20. The Bertz CT molecular complexity index is 827. The maximum atomic E-state index is 12.5. The lowest BCUT2D eigenvalue weighted by atomic mass is 10.0. The van der Waals surface area contributed by atoms with Gasteiger partial charge in [-0.05, 0) is 36.6 Å². The van der Waals surface area contributed by atoms with E-state index >= 15 is 0 Å². The van der Waals surface area contributed by atoms with Crippen LogP contribution in [-0.4, -0.2) is 52.0 Å². The fourth-order valence-corrected chi connectivity index (χ4v) is 2.55. The van der Waals surface area contributed by atoms with Crippen molar-refractivity contribution in [2.24, 2.45) is 5.92 Å². The molecule has 156 valence electrons. The molecule has 0 spiro atoms. The normalized spacial score (nSPS) is 11.7. The van der Waals surface area contributed by atoms with Gasteiger partial charge in [0.25, 0.3) is 5.91 Å². The number of nitrogens with zero attached hydrogens (tertiary/aromatic N) is 4. The minimum Gasteiger partial charge on any atom is -0.342 e. The summed E-state index contributed by atoms with van der Waals surface area (Å²) in [6.07, 6.45) is 1.95. The third-order valence-corrected chi connectivity index (χ3v) is 3.93. The van der Waals surface area contributed by atoms with Crippen molar-refractivity contribution >= 4 is 35.1 Å². The van der Waals surface area contributed by atoms with Crippen molar-refractivity contribution in [2.75, 3.05) is 30.1 Å². The summed E-state index contributed by atoms with van der Waals surface area (Å²) in [6, 6.07) is 6.58. The first-order valence-electron chi connectivity index (χ1n) is 9.20. The van der Waals surface area contributed by atoms with Crippen molar-refractivity contribution in [3.8, 4) is 0 Å². The highest BCUT2D eigenvalue weighted by Gasteiger charge is 2.24. The summed E-state index contributed by atoms with van der Waals surface area (Å²) in [6.45, 7) is 5.51. The van der Waals surface area contributed by atoms with Gasteiger partial charge < -0.3 is 16.0 Å². The van der Waals surface area contributed by atoms with E-state index in [1.165, 1.54) is 25.4 Å². The maximum Gasteiger partial charge on any atom is 0.268 e. The van der Waals surface area contributed by atoms with Crippen LogP contribution in [-0.2, 0) is 14.4 Å². The second-order valence-corrected chi connectivity index (χ2v) is 6.86. The van der Waals surface area contributed by atoms with E-state index in [0.29, 0.717) is 18.1 Å². The molecule has 1 heterocycles. The largest absolute Gasteiger partial charge is 0.342 e. The monoisotopic (exact) mass is 401 g/mol. The fraction of sp³-hybridized carbons (Fsp3) is 0.421. The Hall–Kier alpha value is -3.27. The number of amides is 2. The molecule has 0 aliphatic carbocycles. The Morgan fingerprint density at radius 2 is 1.72 bits per heavy atom. The lowest BCUT2D eigenvalue weighted by Gasteiger charge is -2.24. The highest BCUT2D eigenvalue weighted by molar-refractivity contribution is 5.88. The topological polar surface area (TPSA) is 121 Å². The molecule has 0 radical (unpaired) electrons. The number of carbonyl (C=O) groups excluding carboxylic acids is 2. The molecule has 2 rings (SSSR count). The number of anilines is 4. The van der Waals surface area contributed by atoms with Crippen LogP contribution in [0, 0.1) is 5.92 Å². The molecule has 0 aliphatic rings. The van der Waals surface area contributed by atoms with Crippen molar-refractivity contribution < 1.29 is 14.4 Å². The Morgan fingerprint density at radius 3 is 2.31 bits per heavy atom. The lowest BCUT2D eigenvalue weighted by Crippen LogP contribution is -2.41. The van der Waals surface area contributed by atoms with Gasteiger partial charge in [0.1, 0.15) is 12.4 Å². The second-order valence-electron chi connectivity index (χ2n) is 6.86. The lowest BCUT2D eigenvalue weighted by molar-refractivity contribution is -0.169. The van der Waals surface area contributed by atoms with Crippen molar-refractivity contribution in [3.63, 3.8) is 0 Å². The highest BCUT2D eigenvalue weighted by atomic mass is 16.7. The molecule has 3 N–H and O–H groups in total. The minimum atomic E-state index is -0.535. The summed E-state index contributed by atoms with van der Waals surface area (Å²) in [5.74, 6) is 0.531. The van der Waals surface area contributed by atoms with Gasteiger partial charge in [0, 0.05) is 25.3 Å². The van der Waals surface area contributed by atoms with Gasteiger partial charge in [-0.25, -0.2) is 15.0 Å². The molecule has 0 unspecified atom stereocenters. The van der Waals surface area contributed by atoms with E-state index in [-0.39, 0.29) is 23.7 Å². The van der Waals surface area contributed by atoms with Gasteiger partial charge in [-0.1, -0.05) is 13.8 Å². The Morgan fingerprint density at radius 1 is 1.10 bits per heavy atom. The summed E-state index contributed by atoms with van der Waals surface area (Å²) < 4.78 is 0. The van der Waals surface area contributed by atoms with Gasteiger partial charge in [0.2, 0.25) is 17.8 Å². The molecule has 1 aromatic carbocycles. The predicted molar refractivity (Wildman–Crippen MR) is 111 cm³/mol. The molecule has 10 nitrogen and oxygen atoms in total. The highest BCUT2D eigenvalue weighted by Crippen LogP contribution is 2.18. The average molecular weight is 401 g/mol. The molecule has 0 bridgehead atoms. The smallest absolute Gasteiger partial charge is 0.268 e. The van der Waals surface area contributed by atoms with E-state index in [1.807, 2.05) is 13.8 Å². The summed E-state index contributed by atoms with van der Waals surface area (Å²) >= 11 is 0. The molecule has 29 heavy (non-hydrogen) atoms. The molecule has 2 aromatic rings. The Labute approximate surface area is 170 Å². The van der Waals surface area contributed by atoms with Crippen LogP contribution >= 0.6 is 0 Å². The SMILES string of the molecule is CON(C)C(=O)[C@H](CC(C)C)Nc1ncnc(Nc2ccc(NC(C)=O)cc2)n1. The Balaban J connectivity index is 2.10. The zero-order chi connectivity index (χ0) is 21.4. The number of rotatable bonds is 9. The number of hydrogen-bond acceptors (Lipinski definition) is 8. The van der Waals surface area contributed by atoms with E-state index in [9.17, 15) is 9.59 Å². The maximum absolute atomic E-state index is 12.5. The molecule has 0 saturated carbocycles. The predicted octanol–water partition coefficient (Wildman–Crippen LogP) is 2.42. The van der Waals surface area contributed by atoms with E-state index in [4.69, 9.17) is 4.84 Å². The fourth-order valence-electron chi connectivity index (χ4n) is 2.55. The molecule has 1 aromatic heterocycles. The van der Waals surface area contributed by atoms with Crippen LogP contribution in [0.2, 0.25) is 0 Å². The van der Waals surface area contributed by atoms with Crippen LogP contribution in [0.3, 0.4) is 0 Å². The number of likely N-dealkylation sites (N-methyl/N-ethyl adjacent to an activating group) is 1. The first-order chi connectivity index (χ1) is 13.8. The van der Waals surface area contributed by atoms with Gasteiger partial charge >= 0.3 is 0 Å². The number of aromatic nitrogens is 3. The van der Waals surface area contributed by atoms with Crippen LogP contribution in [0.25, 0.3) is 0 Å². The second kappa shape index (κ2) is 10.3. The standard InChI is InChI=1S/C19H27N7O3/c1-12(2)10-16(17(28)26(4)29-5)24-19-21-11-20-18(25-19)23-15-8-6-14(7-9-15)22-13(3)27/h6-9,11-12,16H,10H2,1-5H3,(H,22,27)(H2,20,21,23,24,25)/t16-/m0/s1. The molecule has 2 amide bonds. The molecule has 0 saturated heterocycles. The van der Waals surface area contributed by atoms with Crippen molar-refractivity contribution in [3.05, 3.63) is 30.6 Å². The molecule has 1 atom stereocenters. The quantitative estimate of drug-likeness (QED) is 0.548. The zero-order valence-corrected chi connectivity index (χ0v) is 17.3. The number of benzene rings is 1. The number of hydroxylamine groups is 2. The third-order valence-electron chi connectivity index (χ3n) is 3.93. The van der Waals surface area contributed by atoms with E-state index in [0.717, 1.165) is 5.69 Å². The number of hydrogen-bond donors (Lipinski definition) is 3. The van der Waals surface area contributed by atoms with Crippen LogP contribution in [0.5, 0.6) is 0 Å². The minimum absolute atomic E-state index is 0.136. The van der Waals surface area contributed by atoms with Crippen molar-refractivity contribution in [2.45, 2.75) is 33.2 Å². The molecule has 0 aliphatic heterocycles. The molecule has 10 heteroatoms. The summed E-state index contributed by atoms with van der Waals surface area (Å²) in [5.41, 5.74) is 1.43. The van der Waals surface area contributed by atoms with E-state index in [2.05, 4.69) is 30.9 Å². The van der Waals surface area contributed by atoms with Gasteiger partial charge in [-0.2, -0.15) is 4.98 Å². The van der Waals surface area contributed by atoms with Crippen LogP contribution in [0.4, 0.5) is 23.3 Å². The van der Waals surface area contributed by atoms with Gasteiger partial charge in [0.15, 0.2) is 0 Å². The van der Waals surface area contributed by atoms with E-state index in [1.54, 1.807) is 31.3 Å². The number of nitrogens with one attached hydrogen (secondary N) is 3. The van der Waals surface area contributed by atoms with Crippen LogP contribution in [0.1, 0.15) is 27.2 Å². The molecular formula is C19H27N7O3. The zero-order valence-electron chi connectivity index (χ0n) is 17.3. The van der Waals surface area contributed by atoms with Crippen LogP contribution in [0.15, 0.2) is 30.6 Å². The average Bonchev–Trinajstić information content (AvgIpc) is 2.67. The van der Waals surface area contributed by atoms with Crippen LogP contribution < -0.4 is 16.0 Å². The van der Waals surface area contributed by atoms with Gasteiger partial charge in [0.05, 0.1) is 7.11 Å². The van der Waals surface area contributed by atoms with Gasteiger partial charge in [-0.15, -0.1) is 0 Å². The van der Waals surface area contributed by atoms with Crippen molar-refractivity contribution in [1.29, 1.82) is 0 Å².